The molecule has 3 aromatic carbocycles. The number of rotatable bonds is 3. The van der Waals surface area contributed by atoms with Gasteiger partial charge >= 0.3 is 0 Å². The summed E-state index contributed by atoms with van der Waals surface area (Å²) in [5.41, 5.74) is 6.34. The minimum absolute atomic E-state index is 0.0610. The number of aryl methyl sites for hydroxylation is 2. The smallest absolute Gasteiger partial charge is 0.140 e. The van der Waals surface area contributed by atoms with Crippen molar-refractivity contribution in [2.24, 2.45) is 0 Å². The maximum atomic E-state index is 15.8. The molecule has 0 atom stereocenters. The summed E-state index contributed by atoms with van der Waals surface area (Å²) in [5.74, 6) is -0.342. The van der Waals surface area contributed by atoms with Crippen LogP contribution in [0, 0.1) is 26.6 Å². The molecule has 2 aromatic heterocycles. The average molecular weight is 435 g/mol. The van der Waals surface area contributed by atoms with Gasteiger partial charge in [-0.05, 0) is 72.7 Å². The number of phenols is 1. The van der Waals surface area contributed by atoms with Crippen molar-refractivity contribution < 1.29 is 9.50 Å². The van der Waals surface area contributed by atoms with Gasteiger partial charge in [-0.15, -0.1) is 0 Å². The first-order valence-electron chi connectivity index (χ1n) is 10.8. The molecular formula is C29H23FN2O. The monoisotopic (exact) mass is 434 g/mol. The van der Waals surface area contributed by atoms with Gasteiger partial charge in [0.25, 0.3) is 0 Å². The van der Waals surface area contributed by atoms with Crippen LogP contribution in [-0.2, 0) is 0 Å². The number of hydrogen-bond acceptors (Lipinski definition) is 3. The number of aromatic hydroxyl groups is 1. The van der Waals surface area contributed by atoms with Crippen LogP contribution in [0.3, 0.4) is 0 Å². The van der Waals surface area contributed by atoms with Crippen molar-refractivity contribution in [2.45, 2.75) is 20.8 Å². The van der Waals surface area contributed by atoms with Gasteiger partial charge in [0, 0.05) is 46.2 Å². The van der Waals surface area contributed by atoms with Crippen molar-refractivity contribution in [1.82, 2.24) is 9.97 Å². The number of hydrogen-bond donors (Lipinski definition) is 1. The molecular weight excluding hydrogens is 411 g/mol. The maximum absolute atomic E-state index is 15.8. The van der Waals surface area contributed by atoms with Crippen LogP contribution in [0.4, 0.5) is 4.39 Å². The van der Waals surface area contributed by atoms with Crippen molar-refractivity contribution >= 4 is 10.8 Å². The van der Waals surface area contributed by atoms with E-state index in [0.29, 0.717) is 27.9 Å². The quantitative estimate of drug-likeness (QED) is 0.322. The molecule has 0 aliphatic carbocycles. The van der Waals surface area contributed by atoms with Gasteiger partial charge in [-0.25, -0.2) is 4.39 Å². The van der Waals surface area contributed by atoms with Gasteiger partial charge < -0.3 is 5.11 Å². The van der Waals surface area contributed by atoms with Crippen LogP contribution in [0.1, 0.15) is 16.7 Å². The SMILES string of the molecule is Cc1cc2ccncc2c(-c2ccc(C)c(-c3cccc(-c4ccccn4)c3F)c2O)c1C. The van der Waals surface area contributed by atoms with Crippen LogP contribution in [0.2, 0.25) is 0 Å². The number of fused-ring (bicyclic) bond motifs is 1. The molecule has 2 heterocycles. The zero-order chi connectivity index (χ0) is 23.1. The second-order valence-electron chi connectivity index (χ2n) is 8.33. The van der Waals surface area contributed by atoms with E-state index in [9.17, 15) is 5.11 Å². The Bertz CT molecular complexity index is 1510. The number of phenolic OH excluding ortho intramolecular Hbond substituents is 1. The minimum atomic E-state index is -0.403. The summed E-state index contributed by atoms with van der Waals surface area (Å²) in [5, 5.41) is 13.5. The molecule has 3 nitrogen and oxygen atoms in total. The summed E-state index contributed by atoms with van der Waals surface area (Å²) in [6.45, 7) is 5.98. The Kier molecular flexibility index (Phi) is 5.14. The number of aromatic nitrogens is 2. The molecule has 0 saturated carbocycles. The Balaban J connectivity index is 1.79. The minimum Gasteiger partial charge on any atom is -0.507 e. The lowest BCUT2D eigenvalue weighted by molar-refractivity contribution is 0.478. The molecule has 0 aliphatic rings. The standard InChI is InChI=1S/C29H23FN2O/c1-17-10-11-23(27-19(3)18(2)15-20-12-14-31-16-24(20)27)29(33)26(17)22-8-6-7-21(28(22)30)25-9-4-5-13-32-25/h4-16,33H,1-3H3. The maximum Gasteiger partial charge on any atom is 0.140 e. The fourth-order valence-corrected chi connectivity index (χ4v) is 4.51. The lowest BCUT2D eigenvalue weighted by atomic mass is 9.87. The highest BCUT2D eigenvalue weighted by atomic mass is 19.1. The van der Waals surface area contributed by atoms with Crippen molar-refractivity contribution in [1.29, 1.82) is 0 Å². The van der Waals surface area contributed by atoms with Crippen LogP contribution < -0.4 is 0 Å². The first kappa shape index (κ1) is 20.8. The highest BCUT2D eigenvalue weighted by molar-refractivity contribution is 6.01. The van der Waals surface area contributed by atoms with Gasteiger partial charge in [-0.3, -0.25) is 9.97 Å². The summed E-state index contributed by atoms with van der Waals surface area (Å²) < 4.78 is 15.8. The number of benzene rings is 3. The highest BCUT2D eigenvalue weighted by Gasteiger charge is 2.21. The lowest BCUT2D eigenvalue weighted by Gasteiger charge is -2.18. The molecule has 0 saturated heterocycles. The van der Waals surface area contributed by atoms with Gasteiger partial charge in [0.2, 0.25) is 0 Å². The zero-order valence-electron chi connectivity index (χ0n) is 18.7. The zero-order valence-corrected chi connectivity index (χ0v) is 18.7. The fraction of sp³-hybridized carbons (Fsp3) is 0.103. The van der Waals surface area contributed by atoms with Crippen molar-refractivity contribution in [2.75, 3.05) is 0 Å². The molecule has 5 aromatic rings. The normalized spacial score (nSPS) is 11.2. The van der Waals surface area contributed by atoms with E-state index >= 15 is 4.39 Å². The summed E-state index contributed by atoms with van der Waals surface area (Å²) in [6, 6.07) is 18.5. The molecule has 162 valence electrons. The Morgan fingerprint density at radius 3 is 2.36 bits per heavy atom. The van der Waals surface area contributed by atoms with Crippen molar-refractivity contribution in [3.63, 3.8) is 0 Å². The predicted octanol–water partition coefficient (Wildman–Crippen LogP) is 7.40. The van der Waals surface area contributed by atoms with Gasteiger partial charge in [-0.1, -0.05) is 36.4 Å². The number of halogens is 1. The first-order valence-corrected chi connectivity index (χ1v) is 10.8. The van der Waals surface area contributed by atoms with Crippen LogP contribution in [0.15, 0.2) is 79.3 Å². The molecule has 0 radical (unpaired) electrons. The molecule has 0 bridgehead atoms. The third-order valence-electron chi connectivity index (χ3n) is 6.33. The average Bonchev–Trinajstić information content (AvgIpc) is 2.82. The molecule has 0 fully saturated rings. The molecule has 0 spiro atoms. The first-order chi connectivity index (χ1) is 16.0. The van der Waals surface area contributed by atoms with Gasteiger partial charge in [0.15, 0.2) is 0 Å². The molecule has 0 amide bonds. The van der Waals surface area contributed by atoms with Crippen LogP contribution >= 0.6 is 0 Å². The number of pyridine rings is 2. The van der Waals surface area contributed by atoms with E-state index in [-0.39, 0.29) is 5.75 Å². The van der Waals surface area contributed by atoms with Crippen molar-refractivity contribution in [3.05, 3.63) is 102 Å². The van der Waals surface area contributed by atoms with E-state index in [4.69, 9.17) is 0 Å². The molecule has 5 rings (SSSR count). The summed E-state index contributed by atoms with van der Waals surface area (Å²) >= 11 is 0. The Hall–Kier alpha value is -4.05. The summed E-state index contributed by atoms with van der Waals surface area (Å²) in [7, 11) is 0. The Labute approximate surface area is 192 Å². The van der Waals surface area contributed by atoms with Crippen LogP contribution in [0.5, 0.6) is 5.75 Å². The van der Waals surface area contributed by atoms with E-state index in [2.05, 4.69) is 23.0 Å². The molecule has 33 heavy (non-hydrogen) atoms. The van der Waals surface area contributed by atoms with E-state index in [1.165, 1.54) is 0 Å². The van der Waals surface area contributed by atoms with Crippen LogP contribution in [-0.4, -0.2) is 15.1 Å². The largest absolute Gasteiger partial charge is 0.507 e. The Morgan fingerprint density at radius 2 is 1.58 bits per heavy atom. The van der Waals surface area contributed by atoms with E-state index < -0.39 is 5.82 Å². The van der Waals surface area contributed by atoms with Gasteiger partial charge in [0.1, 0.15) is 11.6 Å². The predicted molar refractivity (Wildman–Crippen MR) is 132 cm³/mol. The molecule has 0 aliphatic heterocycles. The summed E-state index contributed by atoms with van der Waals surface area (Å²) in [4.78, 5) is 8.61. The van der Waals surface area contributed by atoms with E-state index in [1.807, 2.05) is 44.3 Å². The Morgan fingerprint density at radius 1 is 0.758 bits per heavy atom. The van der Waals surface area contributed by atoms with Gasteiger partial charge in [-0.2, -0.15) is 0 Å². The fourth-order valence-electron chi connectivity index (χ4n) is 4.51. The van der Waals surface area contributed by atoms with Crippen molar-refractivity contribution in [3.8, 4) is 39.3 Å². The summed E-state index contributed by atoms with van der Waals surface area (Å²) in [6.07, 6.45) is 5.22. The van der Waals surface area contributed by atoms with Crippen LogP contribution in [0.25, 0.3) is 44.3 Å². The lowest BCUT2D eigenvalue weighted by Crippen LogP contribution is -1.96. The second kappa shape index (κ2) is 8.14. The third-order valence-corrected chi connectivity index (χ3v) is 6.33. The highest BCUT2D eigenvalue weighted by Crippen LogP contribution is 2.45. The van der Waals surface area contributed by atoms with E-state index in [1.54, 1.807) is 42.7 Å². The molecule has 0 unspecified atom stereocenters. The van der Waals surface area contributed by atoms with Gasteiger partial charge in [0.05, 0.1) is 5.69 Å². The third kappa shape index (κ3) is 3.44. The molecule has 1 N–H and O–H groups in total. The topological polar surface area (TPSA) is 46.0 Å². The number of nitrogens with zero attached hydrogens (tertiary/aromatic N) is 2. The van der Waals surface area contributed by atoms with E-state index in [0.717, 1.165) is 33.0 Å². The molecule has 4 heteroatoms. The second-order valence-corrected chi connectivity index (χ2v) is 8.33.